The van der Waals surface area contributed by atoms with Gasteiger partial charge in [0.05, 0.1) is 18.6 Å². The van der Waals surface area contributed by atoms with Crippen LogP contribution in [0, 0.1) is 5.82 Å². The fraction of sp³-hybridized carbons (Fsp3) is 0.150. The molecule has 0 amide bonds. The largest absolute Gasteiger partial charge is 0.337 e. The molecule has 0 unspecified atom stereocenters. The van der Waals surface area contributed by atoms with E-state index in [4.69, 9.17) is 11.6 Å². The van der Waals surface area contributed by atoms with Crippen LogP contribution < -0.4 is 11.2 Å². The zero-order chi connectivity index (χ0) is 19.8. The van der Waals surface area contributed by atoms with Crippen molar-refractivity contribution in [2.24, 2.45) is 0 Å². The van der Waals surface area contributed by atoms with E-state index < -0.39 is 17.1 Å². The van der Waals surface area contributed by atoms with Crippen LogP contribution in [0.15, 0.2) is 64.4 Å². The van der Waals surface area contributed by atoms with Gasteiger partial charge < -0.3 is 4.57 Å². The summed E-state index contributed by atoms with van der Waals surface area (Å²) in [5.41, 5.74) is 0.547. The minimum Gasteiger partial charge on any atom is -0.320 e. The predicted molar refractivity (Wildman–Crippen MR) is 106 cm³/mol. The van der Waals surface area contributed by atoms with Crippen LogP contribution in [-0.4, -0.2) is 18.7 Å². The normalized spacial score (nSPS) is 11.2. The lowest BCUT2D eigenvalue weighted by Crippen LogP contribution is -2.39. The molecule has 0 spiro atoms. The number of halogens is 2. The van der Waals surface area contributed by atoms with Crippen molar-refractivity contribution in [3.05, 3.63) is 92.1 Å². The van der Waals surface area contributed by atoms with Crippen LogP contribution in [0.4, 0.5) is 4.39 Å². The topological polar surface area (TPSA) is 61.8 Å². The minimum absolute atomic E-state index is 0.178. The van der Waals surface area contributed by atoms with Gasteiger partial charge in [-0.3, -0.25) is 9.36 Å². The van der Waals surface area contributed by atoms with Crippen molar-refractivity contribution in [3.8, 4) is 5.69 Å². The smallest absolute Gasteiger partial charge is 0.320 e. The van der Waals surface area contributed by atoms with Gasteiger partial charge in [-0.25, -0.2) is 18.7 Å². The molecular formula is C20H16ClFN4O2. The number of hydrogen-bond acceptors (Lipinski definition) is 3. The monoisotopic (exact) mass is 398 g/mol. The van der Waals surface area contributed by atoms with Crippen molar-refractivity contribution in [3.63, 3.8) is 0 Å². The molecule has 4 aromatic rings. The van der Waals surface area contributed by atoms with Crippen LogP contribution in [0.1, 0.15) is 12.5 Å². The van der Waals surface area contributed by atoms with Gasteiger partial charge in [0.25, 0.3) is 5.56 Å². The van der Waals surface area contributed by atoms with Crippen molar-refractivity contribution < 1.29 is 4.39 Å². The molecule has 142 valence electrons. The van der Waals surface area contributed by atoms with Crippen molar-refractivity contribution in [2.75, 3.05) is 0 Å². The Labute approximate surface area is 164 Å². The predicted octanol–water partition coefficient (Wildman–Crippen LogP) is 3.21. The molecular weight excluding hydrogens is 383 g/mol. The summed E-state index contributed by atoms with van der Waals surface area (Å²) in [6, 6.07) is 12.9. The molecule has 2 aromatic carbocycles. The molecule has 0 saturated carbocycles. The lowest BCUT2D eigenvalue weighted by molar-refractivity contribution is 0.623. The average molecular weight is 399 g/mol. The van der Waals surface area contributed by atoms with Gasteiger partial charge in [-0.05, 0) is 36.8 Å². The fourth-order valence-electron chi connectivity index (χ4n) is 3.24. The molecule has 0 radical (unpaired) electrons. The maximum Gasteiger partial charge on any atom is 0.337 e. The summed E-state index contributed by atoms with van der Waals surface area (Å²) in [6.07, 6.45) is 1.49. The molecule has 0 aliphatic heterocycles. The highest BCUT2D eigenvalue weighted by molar-refractivity contribution is 6.31. The number of hydrogen-bond donors (Lipinski definition) is 0. The standard InChI is InChI=1S/C20H16ClFN4O2/c1-2-25-19(27)17-18(26(20(25)28)15-8-5-7-14(22)10-15)23-12-24(17)11-13-6-3-4-9-16(13)21/h3-10,12H,2,11H2,1H3. The summed E-state index contributed by atoms with van der Waals surface area (Å²) >= 11 is 6.25. The molecule has 0 N–H and O–H groups in total. The van der Waals surface area contributed by atoms with Gasteiger partial charge in [-0.15, -0.1) is 0 Å². The molecule has 4 rings (SSSR count). The molecule has 2 aromatic heterocycles. The maximum absolute atomic E-state index is 13.8. The van der Waals surface area contributed by atoms with Crippen LogP contribution >= 0.6 is 11.6 Å². The Morgan fingerprint density at radius 1 is 1.11 bits per heavy atom. The highest BCUT2D eigenvalue weighted by Crippen LogP contribution is 2.19. The molecule has 0 aliphatic rings. The third-order valence-electron chi connectivity index (χ3n) is 4.58. The molecule has 0 bridgehead atoms. The number of fused-ring (bicyclic) bond motifs is 1. The average Bonchev–Trinajstić information content (AvgIpc) is 3.08. The summed E-state index contributed by atoms with van der Waals surface area (Å²) in [5, 5.41) is 0.568. The van der Waals surface area contributed by atoms with E-state index in [1.807, 2.05) is 18.2 Å². The lowest BCUT2D eigenvalue weighted by atomic mass is 10.2. The highest BCUT2D eigenvalue weighted by Gasteiger charge is 2.19. The number of rotatable bonds is 4. The summed E-state index contributed by atoms with van der Waals surface area (Å²) in [4.78, 5) is 30.2. The number of benzene rings is 2. The lowest BCUT2D eigenvalue weighted by Gasteiger charge is -2.12. The first-order valence-corrected chi connectivity index (χ1v) is 9.09. The first-order valence-electron chi connectivity index (χ1n) is 8.71. The fourth-order valence-corrected chi connectivity index (χ4v) is 3.43. The Morgan fingerprint density at radius 3 is 2.61 bits per heavy atom. The van der Waals surface area contributed by atoms with E-state index in [9.17, 15) is 14.0 Å². The molecule has 8 heteroatoms. The van der Waals surface area contributed by atoms with Crippen molar-refractivity contribution in [1.82, 2.24) is 18.7 Å². The Hall–Kier alpha value is -3.19. The van der Waals surface area contributed by atoms with Crippen molar-refractivity contribution in [1.29, 1.82) is 0 Å². The Bertz CT molecular complexity index is 1310. The van der Waals surface area contributed by atoms with Gasteiger partial charge >= 0.3 is 5.69 Å². The minimum atomic E-state index is -0.561. The second kappa shape index (κ2) is 7.09. The van der Waals surface area contributed by atoms with Gasteiger partial charge in [-0.2, -0.15) is 0 Å². The third-order valence-corrected chi connectivity index (χ3v) is 4.95. The molecule has 28 heavy (non-hydrogen) atoms. The summed E-state index contributed by atoms with van der Waals surface area (Å²) in [5.74, 6) is -0.484. The van der Waals surface area contributed by atoms with Gasteiger partial charge in [0.15, 0.2) is 11.2 Å². The van der Waals surface area contributed by atoms with Crippen molar-refractivity contribution >= 4 is 22.8 Å². The molecule has 6 nitrogen and oxygen atoms in total. The van der Waals surface area contributed by atoms with Gasteiger partial charge in [0.2, 0.25) is 0 Å². The van der Waals surface area contributed by atoms with E-state index in [0.29, 0.717) is 17.3 Å². The zero-order valence-corrected chi connectivity index (χ0v) is 15.7. The third kappa shape index (κ3) is 2.93. The van der Waals surface area contributed by atoms with Gasteiger partial charge in [0.1, 0.15) is 5.82 Å². The van der Waals surface area contributed by atoms with E-state index in [1.54, 1.807) is 23.6 Å². The quantitative estimate of drug-likeness (QED) is 0.530. The summed E-state index contributed by atoms with van der Waals surface area (Å²) < 4.78 is 17.8. The maximum atomic E-state index is 13.8. The van der Waals surface area contributed by atoms with E-state index >= 15 is 0 Å². The molecule has 0 saturated heterocycles. The number of imidazole rings is 1. The highest BCUT2D eigenvalue weighted by atomic mass is 35.5. The van der Waals surface area contributed by atoms with E-state index in [0.717, 1.165) is 10.1 Å². The summed E-state index contributed by atoms with van der Waals surface area (Å²) in [6.45, 7) is 2.20. The summed E-state index contributed by atoms with van der Waals surface area (Å²) in [7, 11) is 0. The van der Waals surface area contributed by atoms with Gasteiger partial charge in [0, 0.05) is 11.6 Å². The molecule has 2 heterocycles. The second-order valence-corrected chi connectivity index (χ2v) is 6.69. The molecule has 0 aliphatic carbocycles. The van der Waals surface area contributed by atoms with Crippen molar-refractivity contribution in [2.45, 2.75) is 20.0 Å². The SMILES string of the molecule is CCn1c(=O)c2c(ncn2Cc2ccccc2Cl)n(-c2cccc(F)c2)c1=O. The number of nitrogens with zero attached hydrogens (tertiary/aromatic N) is 4. The van der Waals surface area contributed by atoms with Gasteiger partial charge in [-0.1, -0.05) is 35.9 Å². The van der Waals surface area contributed by atoms with E-state index in [-0.39, 0.29) is 17.7 Å². The Morgan fingerprint density at radius 2 is 1.89 bits per heavy atom. The number of aromatic nitrogens is 4. The first kappa shape index (κ1) is 18.2. The second-order valence-electron chi connectivity index (χ2n) is 6.28. The van der Waals surface area contributed by atoms with E-state index in [1.165, 1.54) is 29.1 Å². The van der Waals surface area contributed by atoms with Crippen LogP contribution in [0.5, 0.6) is 0 Å². The Kier molecular flexibility index (Phi) is 4.60. The molecule has 0 fully saturated rings. The van der Waals surface area contributed by atoms with Crippen LogP contribution in [0.3, 0.4) is 0 Å². The molecule has 0 atom stereocenters. The van der Waals surface area contributed by atoms with E-state index in [2.05, 4.69) is 4.98 Å². The Balaban J connectivity index is 2.02. The first-order chi connectivity index (χ1) is 13.5. The van der Waals surface area contributed by atoms with Crippen LogP contribution in [-0.2, 0) is 13.1 Å². The van der Waals surface area contributed by atoms with Crippen LogP contribution in [0.2, 0.25) is 5.02 Å². The zero-order valence-electron chi connectivity index (χ0n) is 15.0. The van der Waals surface area contributed by atoms with Crippen LogP contribution in [0.25, 0.3) is 16.9 Å².